The molecule has 92 valence electrons. The highest BCUT2D eigenvalue weighted by atomic mass is 79.9. The fourth-order valence-corrected chi connectivity index (χ4v) is 2.73. The van der Waals surface area contributed by atoms with Gasteiger partial charge in [-0.2, -0.15) is 0 Å². The van der Waals surface area contributed by atoms with E-state index in [9.17, 15) is 4.79 Å². The van der Waals surface area contributed by atoms with Crippen molar-refractivity contribution in [1.29, 1.82) is 0 Å². The van der Waals surface area contributed by atoms with Crippen molar-refractivity contribution in [2.75, 3.05) is 0 Å². The predicted molar refractivity (Wildman–Crippen MR) is 70.8 cm³/mol. The lowest BCUT2D eigenvalue weighted by Crippen LogP contribution is -2.38. The van der Waals surface area contributed by atoms with Crippen LogP contribution in [0.2, 0.25) is 0 Å². The number of hydrogen-bond acceptors (Lipinski definition) is 2. The van der Waals surface area contributed by atoms with Crippen molar-refractivity contribution in [1.82, 2.24) is 10.3 Å². The van der Waals surface area contributed by atoms with Crippen LogP contribution in [-0.2, 0) is 0 Å². The van der Waals surface area contributed by atoms with E-state index < -0.39 is 0 Å². The second-order valence-corrected chi connectivity index (χ2v) is 5.75. The van der Waals surface area contributed by atoms with Crippen molar-refractivity contribution in [3.8, 4) is 0 Å². The first kappa shape index (κ1) is 12.6. The lowest BCUT2D eigenvalue weighted by Gasteiger charge is -2.27. The van der Waals surface area contributed by atoms with Crippen LogP contribution in [-0.4, -0.2) is 16.9 Å². The summed E-state index contributed by atoms with van der Waals surface area (Å²) in [4.78, 5) is 16.0. The number of halogens is 1. The van der Waals surface area contributed by atoms with Crippen LogP contribution in [0.25, 0.3) is 0 Å². The first-order valence-electron chi connectivity index (χ1n) is 6.06. The van der Waals surface area contributed by atoms with Gasteiger partial charge in [-0.15, -0.1) is 0 Å². The predicted octanol–water partition coefficient (Wildman–Crippen LogP) is 3.15. The maximum Gasteiger partial charge on any atom is 0.253 e. The van der Waals surface area contributed by atoms with Crippen molar-refractivity contribution < 1.29 is 4.79 Å². The molecule has 1 aromatic rings. The normalized spacial score (nSPS) is 24.4. The Morgan fingerprint density at radius 2 is 2.29 bits per heavy atom. The van der Waals surface area contributed by atoms with Gasteiger partial charge in [0.2, 0.25) is 0 Å². The highest BCUT2D eigenvalue weighted by molar-refractivity contribution is 9.10. The molecular weight excluding hydrogens is 280 g/mol. The molecule has 3 nitrogen and oxygen atoms in total. The van der Waals surface area contributed by atoms with Gasteiger partial charge in [-0.05, 0) is 40.8 Å². The number of pyridine rings is 1. The molecule has 1 fully saturated rings. The van der Waals surface area contributed by atoms with Crippen molar-refractivity contribution in [2.24, 2.45) is 5.92 Å². The van der Waals surface area contributed by atoms with Crippen LogP contribution in [0.5, 0.6) is 0 Å². The Hall–Kier alpha value is -0.900. The van der Waals surface area contributed by atoms with Gasteiger partial charge in [0, 0.05) is 22.9 Å². The molecule has 0 aliphatic heterocycles. The number of aromatic nitrogens is 1. The van der Waals surface area contributed by atoms with Gasteiger partial charge in [0.15, 0.2) is 0 Å². The number of hydrogen-bond donors (Lipinski definition) is 1. The van der Waals surface area contributed by atoms with Gasteiger partial charge in [0.05, 0.1) is 5.56 Å². The van der Waals surface area contributed by atoms with Gasteiger partial charge in [0.25, 0.3) is 5.91 Å². The van der Waals surface area contributed by atoms with E-state index in [-0.39, 0.29) is 5.91 Å². The minimum Gasteiger partial charge on any atom is -0.349 e. The molecule has 0 bridgehead atoms. The Bertz CT molecular complexity index is 408. The van der Waals surface area contributed by atoms with Gasteiger partial charge < -0.3 is 5.32 Å². The molecular formula is C13H17BrN2O. The van der Waals surface area contributed by atoms with E-state index in [1.165, 1.54) is 12.8 Å². The second-order valence-electron chi connectivity index (χ2n) is 4.83. The Balaban J connectivity index is 1.97. The average Bonchev–Trinajstić information content (AvgIpc) is 2.29. The second kappa shape index (κ2) is 5.63. The van der Waals surface area contributed by atoms with E-state index in [1.807, 2.05) is 0 Å². The Kier molecular flexibility index (Phi) is 4.15. The third-order valence-electron chi connectivity index (χ3n) is 3.24. The van der Waals surface area contributed by atoms with Crippen LogP contribution in [0.15, 0.2) is 22.9 Å². The molecule has 0 saturated heterocycles. The molecule has 4 heteroatoms. The molecule has 1 aliphatic rings. The van der Waals surface area contributed by atoms with E-state index in [2.05, 4.69) is 33.2 Å². The molecule has 17 heavy (non-hydrogen) atoms. The van der Waals surface area contributed by atoms with E-state index in [0.717, 1.165) is 23.2 Å². The van der Waals surface area contributed by atoms with Crippen molar-refractivity contribution >= 4 is 21.8 Å². The number of carbonyl (C=O) groups is 1. The van der Waals surface area contributed by atoms with Gasteiger partial charge in [-0.1, -0.05) is 19.8 Å². The summed E-state index contributed by atoms with van der Waals surface area (Å²) in [6, 6.07) is 2.12. The summed E-state index contributed by atoms with van der Waals surface area (Å²) in [6.45, 7) is 2.25. The smallest absolute Gasteiger partial charge is 0.253 e. The van der Waals surface area contributed by atoms with Crippen LogP contribution in [0.3, 0.4) is 0 Å². The summed E-state index contributed by atoms with van der Waals surface area (Å²) in [7, 11) is 0. The highest BCUT2D eigenvalue weighted by Gasteiger charge is 2.20. The van der Waals surface area contributed by atoms with E-state index >= 15 is 0 Å². The maximum atomic E-state index is 12.0. The summed E-state index contributed by atoms with van der Waals surface area (Å²) in [5.41, 5.74) is 0.623. The summed E-state index contributed by atoms with van der Waals surface area (Å²) < 4.78 is 0.835. The molecule has 1 heterocycles. The zero-order valence-corrected chi connectivity index (χ0v) is 11.5. The molecule has 0 radical (unpaired) electrons. The van der Waals surface area contributed by atoms with Crippen LogP contribution in [0, 0.1) is 5.92 Å². The molecule has 0 aromatic carbocycles. The quantitative estimate of drug-likeness (QED) is 0.911. The summed E-state index contributed by atoms with van der Waals surface area (Å²) in [5.74, 6) is 0.701. The van der Waals surface area contributed by atoms with Crippen molar-refractivity contribution in [3.63, 3.8) is 0 Å². The zero-order chi connectivity index (χ0) is 12.3. The fourth-order valence-electron chi connectivity index (χ4n) is 2.37. The van der Waals surface area contributed by atoms with E-state index in [1.54, 1.807) is 18.5 Å². The van der Waals surface area contributed by atoms with E-state index in [0.29, 0.717) is 11.6 Å². The van der Waals surface area contributed by atoms with Crippen LogP contribution in [0.4, 0.5) is 0 Å². The number of amides is 1. The average molecular weight is 297 g/mol. The molecule has 1 amide bonds. The molecule has 1 saturated carbocycles. The third kappa shape index (κ3) is 3.53. The van der Waals surface area contributed by atoms with E-state index in [4.69, 9.17) is 0 Å². The summed E-state index contributed by atoms with van der Waals surface area (Å²) in [6.07, 6.45) is 7.96. The monoisotopic (exact) mass is 296 g/mol. The minimum absolute atomic E-state index is 0.0158. The minimum atomic E-state index is -0.0158. The number of nitrogens with zero attached hydrogens (tertiary/aromatic N) is 1. The zero-order valence-electron chi connectivity index (χ0n) is 9.95. The van der Waals surface area contributed by atoms with Gasteiger partial charge in [-0.3, -0.25) is 9.78 Å². The first-order valence-corrected chi connectivity index (χ1v) is 6.86. The molecule has 0 spiro atoms. The summed E-state index contributed by atoms with van der Waals surface area (Å²) in [5, 5.41) is 3.09. The standard InChI is InChI=1S/C13H17BrN2O/c1-9-3-2-4-12(5-9)16-13(17)10-6-11(14)8-15-7-10/h6-9,12H,2-5H2,1H3,(H,16,17)/t9-,12-/m0/s1. The SMILES string of the molecule is C[C@H]1CCC[C@H](NC(=O)c2cncc(Br)c2)C1. The maximum absolute atomic E-state index is 12.0. The molecule has 2 atom stereocenters. The van der Waals surface area contributed by atoms with Gasteiger partial charge in [-0.25, -0.2) is 0 Å². The Labute approximate surface area is 110 Å². The molecule has 1 aliphatic carbocycles. The van der Waals surface area contributed by atoms with Crippen molar-refractivity contribution in [3.05, 3.63) is 28.5 Å². The number of carbonyl (C=O) groups excluding carboxylic acids is 1. The number of nitrogens with one attached hydrogen (secondary N) is 1. The molecule has 1 N–H and O–H groups in total. The Morgan fingerprint density at radius 3 is 3.00 bits per heavy atom. The van der Waals surface area contributed by atoms with Gasteiger partial charge >= 0.3 is 0 Å². The lowest BCUT2D eigenvalue weighted by molar-refractivity contribution is 0.0921. The van der Waals surface area contributed by atoms with Crippen LogP contribution >= 0.6 is 15.9 Å². The largest absolute Gasteiger partial charge is 0.349 e. The van der Waals surface area contributed by atoms with Gasteiger partial charge in [0.1, 0.15) is 0 Å². The summed E-state index contributed by atoms with van der Waals surface area (Å²) >= 11 is 3.32. The van der Waals surface area contributed by atoms with Crippen LogP contribution < -0.4 is 5.32 Å². The molecule has 2 rings (SSSR count). The third-order valence-corrected chi connectivity index (χ3v) is 3.67. The first-order chi connectivity index (χ1) is 8.15. The molecule has 0 unspecified atom stereocenters. The van der Waals surface area contributed by atoms with Crippen LogP contribution in [0.1, 0.15) is 43.0 Å². The topological polar surface area (TPSA) is 42.0 Å². The fraction of sp³-hybridized carbons (Fsp3) is 0.538. The number of rotatable bonds is 2. The molecule has 1 aromatic heterocycles. The van der Waals surface area contributed by atoms with Crippen molar-refractivity contribution in [2.45, 2.75) is 38.6 Å². The highest BCUT2D eigenvalue weighted by Crippen LogP contribution is 2.23. The Morgan fingerprint density at radius 1 is 1.47 bits per heavy atom. The lowest BCUT2D eigenvalue weighted by atomic mass is 9.87.